The van der Waals surface area contributed by atoms with E-state index in [-0.39, 0.29) is 11.6 Å². The van der Waals surface area contributed by atoms with Crippen molar-refractivity contribution in [3.05, 3.63) is 71.8 Å². The first-order valence-electron chi connectivity index (χ1n) is 9.32. The topological polar surface area (TPSA) is 21.6 Å². The predicted molar refractivity (Wildman–Crippen MR) is 108 cm³/mol. The summed E-state index contributed by atoms with van der Waals surface area (Å²) in [5.74, 6) is 0. The van der Waals surface area contributed by atoms with Crippen molar-refractivity contribution in [2.24, 2.45) is 4.99 Å². The first-order chi connectivity index (χ1) is 12.0. The highest BCUT2D eigenvalue weighted by Gasteiger charge is 2.16. The predicted octanol–water partition coefficient (Wildman–Crippen LogP) is 5.90. The Morgan fingerprint density at radius 2 is 1.44 bits per heavy atom. The average Bonchev–Trinajstić information content (AvgIpc) is 2.62. The zero-order valence-corrected chi connectivity index (χ0v) is 16.0. The van der Waals surface area contributed by atoms with Crippen LogP contribution in [-0.2, 0) is 4.74 Å². The number of hydrogen-bond donors (Lipinski definition) is 0. The molecule has 0 fully saturated rings. The molecule has 2 heteroatoms. The van der Waals surface area contributed by atoms with Gasteiger partial charge in [-0.1, -0.05) is 80.4 Å². The van der Waals surface area contributed by atoms with E-state index in [0.717, 1.165) is 23.3 Å². The Morgan fingerprint density at radius 1 is 0.920 bits per heavy atom. The normalized spacial score (nSPS) is 12.6. The zero-order chi connectivity index (χ0) is 18.1. The number of ether oxygens (including phenoxy) is 1. The van der Waals surface area contributed by atoms with Gasteiger partial charge in [-0.3, -0.25) is 4.99 Å². The number of benzene rings is 2. The van der Waals surface area contributed by atoms with E-state index in [1.165, 1.54) is 12.8 Å². The fraction of sp³-hybridized carbons (Fsp3) is 0.435. The molecule has 1 atom stereocenters. The molecule has 0 saturated carbocycles. The molecular weight excluding hydrogens is 306 g/mol. The van der Waals surface area contributed by atoms with Gasteiger partial charge in [0.25, 0.3) is 0 Å². The number of unbranched alkanes of at least 4 members (excludes halogenated alkanes) is 1. The molecule has 2 nitrogen and oxygen atoms in total. The Kier molecular flexibility index (Phi) is 7.39. The molecule has 0 radical (unpaired) electrons. The minimum atomic E-state index is -0.139. The van der Waals surface area contributed by atoms with E-state index in [1.54, 1.807) is 0 Å². The number of nitrogens with zero attached hydrogens (tertiary/aromatic N) is 1. The molecule has 2 aromatic rings. The lowest BCUT2D eigenvalue weighted by atomic mass is 10.0. The Hall–Kier alpha value is -1.93. The SMILES string of the molecule is CCCCC(COC(C)(C)C)N=C(c1ccccc1)c1ccccc1. The molecule has 0 aliphatic carbocycles. The van der Waals surface area contributed by atoms with Gasteiger partial charge in [0.15, 0.2) is 0 Å². The fourth-order valence-electron chi connectivity index (χ4n) is 2.66. The van der Waals surface area contributed by atoms with Crippen LogP contribution in [0.4, 0.5) is 0 Å². The highest BCUT2D eigenvalue weighted by molar-refractivity contribution is 6.12. The molecule has 0 spiro atoms. The third-order valence-electron chi connectivity index (χ3n) is 4.01. The van der Waals surface area contributed by atoms with Crippen molar-refractivity contribution in [1.29, 1.82) is 0 Å². The van der Waals surface area contributed by atoms with Gasteiger partial charge in [0.2, 0.25) is 0 Å². The summed E-state index contributed by atoms with van der Waals surface area (Å²) in [5.41, 5.74) is 3.23. The van der Waals surface area contributed by atoms with Gasteiger partial charge in [-0.2, -0.15) is 0 Å². The fourth-order valence-corrected chi connectivity index (χ4v) is 2.66. The van der Waals surface area contributed by atoms with E-state index in [1.807, 2.05) is 12.1 Å². The molecule has 0 amide bonds. The summed E-state index contributed by atoms with van der Waals surface area (Å²) < 4.78 is 6.05. The molecule has 0 aromatic heterocycles. The quantitative estimate of drug-likeness (QED) is 0.550. The second kappa shape index (κ2) is 9.53. The molecule has 0 aliphatic rings. The van der Waals surface area contributed by atoms with Gasteiger partial charge in [-0.25, -0.2) is 0 Å². The van der Waals surface area contributed by atoms with Gasteiger partial charge in [0, 0.05) is 11.1 Å². The van der Waals surface area contributed by atoms with E-state index in [0.29, 0.717) is 6.61 Å². The van der Waals surface area contributed by atoms with E-state index in [2.05, 4.69) is 76.2 Å². The van der Waals surface area contributed by atoms with Crippen molar-refractivity contribution in [1.82, 2.24) is 0 Å². The van der Waals surface area contributed by atoms with Gasteiger partial charge in [-0.15, -0.1) is 0 Å². The van der Waals surface area contributed by atoms with Crippen molar-refractivity contribution in [2.75, 3.05) is 6.61 Å². The first-order valence-corrected chi connectivity index (χ1v) is 9.32. The van der Waals surface area contributed by atoms with Crippen LogP contribution in [0.1, 0.15) is 58.1 Å². The Bertz CT molecular complexity index is 599. The Labute approximate surface area is 153 Å². The van der Waals surface area contributed by atoms with Crippen molar-refractivity contribution >= 4 is 5.71 Å². The number of aliphatic imine (C=N–C) groups is 1. The molecule has 25 heavy (non-hydrogen) atoms. The summed E-state index contributed by atoms with van der Waals surface area (Å²) in [7, 11) is 0. The molecule has 0 heterocycles. The smallest absolute Gasteiger partial charge is 0.0741 e. The van der Waals surface area contributed by atoms with Crippen molar-refractivity contribution in [2.45, 2.75) is 58.6 Å². The van der Waals surface area contributed by atoms with Crippen LogP contribution in [0.25, 0.3) is 0 Å². The zero-order valence-electron chi connectivity index (χ0n) is 16.0. The van der Waals surface area contributed by atoms with Crippen molar-refractivity contribution in [3.8, 4) is 0 Å². The minimum Gasteiger partial charge on any atom is -0.374 e. The Balaban J connectivity index is 2.34. The van der Waals surface area contributed by atoms with Crippen LogP contribution >= 0.6 is 0 Å². The summed E-state index contributed by atoms with van der Waals surface area (Å²) in [6.07, 6.45) is 3.39. The van der Waals surface area contributed by atoms with E-state index >= 15 is 0 Å². The first kappa shape index (κ1) is 19.4. The third-order valence-corrected chi connectivity index (χ3v) is 4.01. The maximum absolute atomic E-state index is 6.05. The highest BCUT2D eigenvalue weighted by Crippen LogP contribution is 2.17. The van der Waals surface area contributed by atoms with Crippen molar-refractivity contribution < 1.29 is 4.74 Å². The summed E-state index contributed by atoms with van der Waals surface area (Å²) in [4.78, 5) is 5.15. The maximum Gasteiger partial charge on any atom is 0.0741 e. The van der Waals surface area contributed by atoms with Crippen LogP contribution in [0.3, 0.4) is 0 Å². The molecule has 1 unspecified atom stereocenters. The highest BCUT2D eigenvalue weighted by atomic mass is 16.5. The lowest BCUT2D eigenvalue weighted by Gasteiger charge is -2.23. The molecule has 2 rings (SSSR count). The van der Waals surface area contributed by atoms with Gasteiger partial charge in [-0.05, 0) is 27.2 Å². The van der Waals surface area contributed by atoms with Gasteiger partial charge >= 0.3 is 0 Å². The van der Waals surface area contributed by atoms with E-state index in [4.69, 9.17) is 9.73 Å². The molecule has 0 saturated heterocycles. The second-order valence-corrected chi connectivity index (χ2v) is 7.43. The monoisotopic (exact) mass is 337 g/mol. The summed E-state index contributed by atoms with van der Waals surface area (Å²) in [5, 5.41) is 0. The molecule has 0 N–H and O–H groups in total. The molecule has 0 bridgehead atoms. The van der Waals surface area contributed by atoms with Crippen LogP contribution in [0.15, 0.2) is 65.7 Å². The van der Waals surface area contributed by atoms with Crippen LogP contribution in [-0.4, -0.2) is 24.0 Å². The average molecular weight is 338 g/mol. The number of rotatable bonds is 8. The molecule has 0 aliphatic heterocycles. The van der Waals surface area contributed by atoms with E-state index in [9.17, 15) is 0 Å². The van der Waals surface area contributed by atoms with E-state index < -0.39 is 0 Å². The number of hydrogen-bond acceptors (Lipinski definition) is 2. The largest absolute Gasteiger partial charge is 0.374 e. The van der Waals surface area contributed by atoms with Crippen LogP contribution in [0.2, 0.25) is 0 Å². The van der Waals surface area contributed by atoms with Gasteiger partial charge in [0.1, 0.15) is 0 Å². The lowest BCUT2D eigenvalue weighted by molar-refractivity contribution is -0.0106. The van der Waals surface area contributed by atoms with Crippen LogP contribution < -0.4 is 0 Å². The van der Waals surface area contributed by atoms with Crippen molar-refractivity contribution in [3.63, 3.8) is 0 Å². The molecular formula is C23H31NO. The molecule has 134 valence electrons. The van der Waals surface area contributed by atoms with Gasteiger partial charge < -0.3 is 4.74 Å². The maximum atomic E-state index is 6.05. The van der Waals surface area contributed by atoms with Gasteiger partial charge in [0.05, 0.1) is 24.0 Å². The standard InChI is InChI=1S/C23H31NO/c1-5-6-17-21(18-25-23(2,3)4)24-22(19-13-9-7-10-14-19)20-15-11-8-12-16-20/h7-16,21H,5-6,17-18H2,1-4H3. The second-order valence-electron chi connectivity index (χ2n) is 7.43. The summed E-state index contributed by atoms with van der Waals surface area (Å²) >= 11 is 0. The third kappa shape index (κ3) is 6.83. The minimum absolute atomic E-state index is 0.139. The van der Waals surface area contributed by atoms with Crippen LogP contribution in [0, 0.1) is 0 Å². The Morgan fingerprint density at radius 3 is 1.88 bits per heavy atom. The lowest BCUT2D eigenvalue weighted by Crippen LogP contribution is -2.26. The van der Waals surface area contributed by atoms with Crippen LogP contribution in [0.5, 0.6) is 0 Å². The summed E-state index contributed by atoms with van der Waals surface area (Å²) in [6.45, 7) is 9.18. The summed E-state index contributed by atoms with van der Waals surface area (Å²) in [6, 6.07) is 21.1. The molecule has 2 aromatic carbocycles.